The van der Waals surface area contributed by atoms with Crippen molar-refractivity contribution >= 4 is 21.6 Å². The third-order valence-corrected chi connectivity index (χ3v) is 7.45. The van der Waals surface area contributed by atoms with E-state index in [2.05, 4.69) is 14.8 Å². The normalized spacial score (nSPS) is 20.5. The Morgan fingerprint density at radius 1 is 1.32 bits per heavy atom. The number of aromatic nitrogens is 2. The summed E-state index contributed by atoms with van der Waals surface area (Å²) in [5, 5.41) is 12.9. The van der Waals surface area contributed by atoms with E-state index >= 15 is 0 Å². The van der Waals surface area contributed by atoms with Gasteiger partial charge in [-0.15, -0.1) is 4.36 Å². The first-order valence-electron chi connectivity index (χ1n) is 10.3. The number of rotatable bonds is 4. The molecule has 0 bridgehead atoms. The number of nitrogens with one attached hydrogen (secondary N) is 1. The van der Waals surface area contributed by atoms with Crippen LogP contribution in [0.4, 0.5) is 14.9 Å². The van der Waals surface area contributed by atoms with Crippen LogP contribution in [0.15, 0.2) is 15.5 Å². The van der Waals surface area contributed by atoms with Crippen molar-refractivity contribution in [2.24, 2.45) is 9.50 Å². The van der Waals surface area contributed by atoms with Gasteiger partial charge in [0.05, 0.1) is 19.3 Å². The molecule has 1 aromatic heterocycles. The molecule has 0 saturated heterocycles. The number of benzene rings is 1. The average Bonchev–Trinajstić information content (AvgIpc) is 3.47. The number of hydrogen-bond donors (Lipinski definition) is 2. The van der Waals surface area contributed by atoms with Crippen LogP contribution >= 0.6 is 0 Å². The van der Waals surface area contributed by atoms with Gasteiger partial charge in [0.1, 0.15) is 16.8 Å². The number of methoxy groups -OCH3 is 1. The number of anilines is 1. The molecule has 3 N–H and O–H groups in total. The first kappa shape index (κ1) is 20.4. The fourth-order valence-electron chi connectivity index (χ4n) is 4.81. The molecule has 0 radical (unpaired) electrons. The Kier molecular flexibility index (Phi) is 4.98. The number of nitrogens with zero attached hydrogens (tertiary/aromatic N) is 3. The smallest absolute Gasteiger partial charge is 0.354 e. The van der Waals surface area contributed by atoms with Crippen molar-refractivity contribution in [1.82, 2.24) is 9.78 Å². The summed E-state index contributed by atoms with van der Waals surface area (Å²) in [7, 11) is -2.04. The molecule has 0 spiro atoms. The highest BCUT2D eigenvalue weighted by Crippen LogP contribution is 2.41. The summed E-state index contributed by atoms with van der Waals surface area (Å²) in [5.74, 6) is 0.102. The largest absolute Gasteiger partial charge is 0.469 e. The van der Waals surface area contributed by atoms with Crippen LogP contribution in [0.3, 0.4) is 0 Å². The van der Waals surface area contributed by atoms with Gasteiger partial charge in [-0.1, -0.05) is 0 Å². The Morgan fingerprint density at radius 2 is 1.97 bits per heavy atom. The van der Waals surface area contributed by atoms with Gasteiger partial charge < -0.3 is 14.8 Å². The molecule has 2 aliphatic carbocycles. The highest BCUT2D eigenvalue weighted by molar-refractivity contribution is 7.91. The Labute approximate surface area is 179 Å². The lowest BCUT2D eigenvalue weighted by Crippen LogP contribution is -2.22. The highest BCUT2D eigenvalue weighted by atomic mass is 32.2. The van der Waals surface area contributed by atoms with E-state index in [1.165, 1.54) is 10.9 Å². The highest BCUT2D eigenvalue weighted by Gasteiger charge is 2.32. The predicted molar refractivity (Wildman–Crippen MR) is 111 cm³/mol. The average molecular weight is 450 g/mol. The summed E-state index contributed by atoms with van der Waals surface area (Å²) in [6.07, 6.45) is 5.41. The Bertz CT molecular complexity index is 1170. The molecular formula is C20H24FN5O4S. The topological polar surface area (TPSA) is 121 Å². The van der Waals surface area contributed by atoms with E-state index < -0.39 is 15.9 Å². The molecule has 3 aliphatic rings. The molecule has 0 saturated carbocycles. The van der Waals surface area contributed by atoms with Gasteiger partial charge in [-0.25, -0.2) is 23.2 Å². The van der Waals surface area contributed by atoms with Crippen molar-refractivity contribution in [3.05, 3.63) is 34.3 Å². The first-order valence-corrected chi connectivity index (χ1v) is 11.9. The number of fused-ring (bicyclic) bond motifs is 3. The van der Waals surface area contributed by atoms with Gasteiger partial charge in [0.2, 0.25) is 5.88 Å². The number of carbonyl (C=O) groups is 1. The summed E-state index contributed by atoms with van der Waals surface area (Å²) >= 11 is 0. The Hall–Kier alpha value is -2.50. The number of nitrogens with two attached hydrogens (primary N) is 1. The zero-order valence-electron chi connectivity index (χ0n) is 17.1. The van der Waals surface area contributed by atoms with E-state index in [0.717, 1.165) is 24.0 Å². The molecule has 2 heterocycles. The molecule has 9 nitrogen and oxygen atoms in total. The summed E-state index contributed by atoms with van der Waals surface area (Å²) in [6.45, 7) is 0.770. The quantitative estimate of drug-likeness (QED) is 0.742. The van der Waals surface area contributed by atoms with Crippen LogP contribution in [-0.2, 0) is 46.9 Å². The van der Waals surface area contributed by atoms with E-state index in [9.17, 15) is 13.4 Å². The zero-order valence-corrected chi connectivity index (χ0v) is 18.0. The van der Waals surface area contributed by atoms with E-state index in [1.54, 1.807) is 7.11 Å². The number of urea groups is 1. The third-order valence-electron chi connectivity index (χ3n) is 6.10. The number of carbonyl (C=O) groups excluding carboxylic acids is 1. The summed E-state index contributed by atoms with van der Waals surface area (Å²) < 4.78 is 44.0. The molecule has 31 heavy (non-hydrogen) atoms. The minimum atomic E-state index is -3.60. The fraction of sp³-hybridized carbons (Fsp3) is 0.500. The van der Waals surface area contributed by atoms with Crippen molar-refractivity contribution < 1.29 is 22.9 Å². The number of halogens is 1. The fourth-order valence-corrected chi connectivity index (χ4v) is 5.80. The van der Waals surface area contributed by atoms with Crippen LogP contribution in [0, 0.1) is 5.82 Å². The molecule has 166 valence electrons. The van der Waals surface area contributed by atoms with Gasteiger partial charge in [0.25, 0.3) is 0 Å². The monoisotopic (exact) mass is 449 g/mol. The van der Waals surface area contributed by atoms with Gasteiger partial charge in [-0.05, 0) is 60.8 Å². The Balaban J connectivity index is 1.45. The number of hydrogen-bond acceptors (Lipinski definition) is 5. The van der Waals surface area contributed by atoms with Crippen molar-refractivity contribution in [3.8, 4) is 5.88 Å². The lowest BCUT2D eigenvalue weighted by atomic mass is 9.98. The summed E-state index contributed by atoms with van der Waals surface area (Å²) in [4.78, 5) is 12.8. The minimum Gasteiger partial charge on any atom is -0.469 e. The van der Waals surface area contributed by atoms with Crippen molar-refractivity contribution in [3.63, 3.8) is 0 Å². The second-order valence-corrected chi connectivity index (χ2v) is 9.85. The lowest BCUT2D eigenvalue weighted by Gasteiger charge is -2.16. The second-order valence-electron chi connectivity index (χ2n) is 8.09. The van der Waals surface area contributed by atoms with Gasteiger partial charge in [-0.2, -0.15) is 5.10 Å². The summed E-state index contributed by atoms with van der Waals surface area (Å²) in [6, 6.07) is -0.825. The van der Waals surface area contributed by atoms with Crippen molar-refractivity contribution in [1.29, 1.82) is 0 Å². The van der Waals surface area contributed by atoms with Crippen LogP contribution in [0.5, 0.6) is 5.88 Å². The molecule has 0 fully saturated rings. The van der Waals surface area contributed by atoms with E-state index in [1.807, 2.05) is 0 Å². The second kappa shape index (κ2) is 7.57. The molecule has 2 amide bonds. The van der Waals surface area contributed by atoms with Crippen LogP contribution in [0.1, 0.15) is 35.1 Å². The first-order chi connectivity index (χ1) is 14.9. The van der Waals surface area contributed by atoms with E-state index in [4.69, 9.17) is 14.6 Å². The maximum atomic E-state index is 14.8. The van der Waals surface area contributed by atoms with Crippen molar-refractivity contribution in [2.45, 2.75) is 56.1 Å². The van der Waals surface area contributed by atoms with Gasteiger partial charge >= 0.3 is 6.03 Å². The number of amides is 2. The standard InChI is InChI=1S/C20H24FN5O4S/c1-29-10-11-9-26-19(30-11)16(8-23-26)31(22,28)25-20(27)24-18-14-6-2-4-12(14)17(21)13-5-3-7-15(13)18/h8,11H,2-7,9-10H2,1H3,(H3,22,24,25,27,28)/t11-,31?/m0/s1. The number of ether oxygens (including phenoxy) is 2. The molecular weight excluding hydrogens is 425 g/mol. The van der Waals surface area contributed by atoms with Gasteiger partial charge in [-0.3, -0.25) is 0 Å². The summed E-state index contributed by atoms with van der Waals surface area (Å²) in [5.41, 5.74) is 3.61. The van der Waals surface area contributed by atoms with Crippen molar-refractivity contribution in [2.75, 3.05) is 19.0 Å². The molecule has 2 atom stereocenters. The SMILES string of the molecule is COC[C@@H]1Cn2ncc(S(N)(=O)=NC(=O)Nc3c4c(c(F)c5c3CCC5)CCC4)c2O1. The lowest BCUT2D eigenvalue weighted by molar-refractivity contribution is 0.0920. The van der Waals surface area contributed by atoms with E-state index in [-0.39, 0.29) is 22.7 Å². The minimum absolute atomic E-state index is 0.0656. The molecule has 1 aliphatic heterocycles. The molecule has 5 rings (SSSR count). The molecule has 1 unspecified atom stereocenters. The van der Waals surface area contributed by atoms with Crippen LogP contribution in [0.2, 0.25) is 0 Å². The maximum absolute atomic E-state index is 14.8. The Morgan fingerprint density at radius 3 is 2.61 bits per heavy atom. The molecule has 11 heteroatoms. The van der Waals surface area contributed by atoms with Gasteiger partial charge in [0, 0.05) is 12.8 Å². The third kappa shape index (κ3) is 3.40. The zero-order chi connectivity index (χ0) is 21.8. The van der Waals surface area contributed by atoms with E-state index in [0.29, 0.717) is 55.6 Å². The molecule has 1 aromatic carbocycles. The van der Waals surface area contributed by atoms with Crippen LogP contribution in [0.25, 0.3) is 0 Å². The molecule has 2 aromatic rings. The van der Waals surface area contributed by atoms with Gasteiger partial charge in [0.15, 0.2) is 9.92 Å². The van der Waals surface area contributed by atoms with Crippen LogP contribution in [-0.4, -0.2) is 39.8 Å². The maximum Gasteiger partial charge on any atom is 0.354 e. The van der Waals surface area contributed by atoms with Crippen LogP contribution < -0.4 is 15.2 Å². The predicted octanol–water partition coefficient (Wildman–Crippen LogP) is 2.34.